The van der Waals surface area contributed by atoms with Crippen molar-refractivity contribution in [2.24, 2.45) is 4.99 Å². The van der Waals surface area contributed by atoms with Crippen LogP contribution in [0.5, 0.6) is 5.75 Å². The van der Waals surface area contributed by atoms with Gasteiger partial charge in [-0.1, -0.05) is 0 Å². The van der Waals surface area contributed by atoms with E-state index in [1.165, 1.54) is 0 Å². The normalized spacial score (nSPS) is 17.1. The molecule has 1 aromatic rings. The smallest absolute Gasteiger partial charge is 0.462 e. The van der Waals surface area contributed by atoms with Crippen LogP contribution in [0.4, 0.5) is 43.9 Å². The largest absolute Gasteiger partial charge is 0.476 e. The monoisotopic (exact) mass is 429 g/mol. The van der Waals surface area contributed by atoms with E-state index in [-0.39, 0.29) is 12.5 Å². The van der Waals surface area contributed by atoms with Crippen LogP contribution >= 0.6 is 0 Å². The van der Waals surface area contributed by atoms with Gasteiger partial charge in [0.1, 0.15) is 12.4 Å². The molecule has 1 aliphatic rings. The highest BCUT2D eigenvalue weighted by atomic mass is 19.4. The Bertz CT molecular complexity index is 717. The van der Waals surface area contributed by atoms with Crippen molar-refractivity contribution in [2.75, 3.05) is 13.2 Å². The fourth-order valence-electron chi connectivity index (χ4n) is 1.82. The Morgan fingerprint density at radius 2 is 1.50 bits per heavy atom. The van der Waals surface area contributed by atoms with Gasteiger partial charge in [-0.25, -0.2) is 9.38 Å². The minimum Gasteiger partial charge on any atom is -0.476 e. The maximum atomic E-state index is 13.5. The predicted octanol–water partition coefficient (Wildman–Crippen LogP) is 4.54. The summed E-state index contributed by atoms with van der Waals surface area (Å²) in [5.41, 5.74) is 0.303. The Kier molecular flexibility index (Phi) is 5.74. The van der Waals surface area contributed by atoms with Gasteiger partial charge in [-0.05, 0) is 24.3 Å². The van der Waals surface area contributed by atoms with Crippen LogP contribution in [0.25, 0.3) is 0 Å². The predicted molar refractivity (Wildman–Crippen MR) is 71.3 cm³/mol. The van der Waals surface area contributed by atoms with Gasteiger partial charge in [0.05, 0.1) is 6.54 Å². The van der Waals surface area contributed by atoms with E-state index in [1.807, 2.05) is 0 Å². The quantitative estimate of drug-likeness (QED) is 0.598. The average Bonchev–Trinajstić information content (AvgIpc) is 3.08. The third kappa shape index (κ3) is 4.42. The van der Waals surface area contributed by atoms with Crippen LogP contribution in [-0.2, 0) is 9.47 Å². The number of ether oxygens (including phenoxy) is 3. The minimum absolute atomic E-state index is 0.166. The molecule has 28 heavy (non-hydrogen) atoms. The third-order valence-electron chi connectivity index (χ3n) is 3.18. The zero-order valence-corrected chi connectivity index (χ0v) is 13.3. The molecule has 2 rings (SSSR count). The SMILES string of the molecule is FC(OC(F)(F)C(F)(F)C(F)(F)F)C(F)(F)Oc1ccc(C2=NCCO2)cc1. The molecular formula is C14H9F10NO3. The van der Waals surface area contributed by atoms with Crippen molar-refractivity contribution in [3.05, 3.63) is 29.8 Å². The minimum atomic E-state index is -6.93. The van der Waals surface area contributed by atoms with Crippen LogP contribution in [0.2, 0.25) is 0 Å². The number of nitrogens with zero attached hydrogens (tertiary/aromatic N) is 1. The molecule has 1 aromatic carbocycles. The Labute approximate surface area is 149 Å². The van der Waals surface area contributed by atoms with Gasteiger partial charge in [0.25, 0.3) is 0 Å². The lowest BCUT2D eigenvalue weighted by Gasteiger charge is -2.30. The van der Waals surface area contributed by atoms with Gasteiger partial charge in [0, 0.05) is 5.56 Å². The number of rotatable bonds is 7. The second-order valence-electron chi connectivity index (χ2n) is 5.25. The highest BCUT2D eigenvalue weighted by Gasteiger charge is 2.76. The maximum Gasteiger partial charge on any atom is 0.462 e. The molecule has 158 valence electrons. The van der Waals surface area contributed by atoms with E-state index in [4.69, 9.17) is 4.74 Å². The van der Waals surface area contributed by atoms with Crippen LogP contribution in [-0.4, -0.2) is 49.7 Å². The standard InChI is InChI=1S/C14H9F10NO3/c15-10(28-14(23,24)12(18,19)13(20,21)22)11(16,17)27-8-3-1-7(2-4-8)9-25-5-6-26-9/h1-4,10H,5-6H2. The van der Waals surface area contributed by atoms with E-state index < -0.39 is 36.4 Å². The highest BCUT2D eigenvalue weighted by molar-refractivity contribution is 5.94. The molecule has 4 nitrogen and oxygen atoms in total. The first-order chi connectivity index (χ1) is 12.7. The van der Waals surface area contributed by atoms with Crippen LogP contribution in [0.1, 0.15) is 5.56 Å². The van der Waals surface area contributed by atoms with Crippen molar-refractivity contribution in [2.45, 2.75) is 30.7 Å². The fourth-order valence-corrected chi connectivity index (χ4v) is 1.82. The molecule has 1 atom stereocenters. The second-order valence-corrected chi connectivity index (χ2v) is 5.25. The zero-order chi connectivity index (χ0) is 21.4. The van der Waals surface area contributed by atoms with Crippen molar-refractivity contribution >= 4 is 5.90 Å². The number of hydrogen-bond acceptors (Lipinski definition) is 4. The van der Waals surface area contributed by atoms with Crippen LogP contribution < -0.4 is 4.74 Å². The summed E-state index contributed by atoms with van der Waals surface area (Å²) in [5.74, 6) is -7.59. The van der Waals surface area contributed by atoms with Gasteiger partial charge in [0.2, 0.25) is 5.90 Å². The number of hydrogen-bond donors (Lipinski definition) is 0. The molecule has 0 amide bonds. The van der Waals surface area contributed by atoms with Gasteiger partial charge >= 0.3 is 30.7 Å². The van der Waals surface area contributed by atoms with E-state index in [1.54, 1.807) is 0 Å². The van der Waals surface area contributed by atoms with E-state index in [2.05, 4.69) is 14.5 Å². The lowest BCUT2D eigenvalue weighted by Crippen LogP contribution is -2.56. The molecule has 1 unspecified atom stereocenters. The van der Waals surface area contributed by atoms with E-state index in [0.717, 1.165) is 24.3 Å². The van der Waals surface area contributed by atoms with Gasteiger partial charge in [-0.2, -0.15) is 39.5 Å². The molecule has 0 spiro atoms. The first-order valence-corrected chi connectivity index (χ1v) is 7.16. The Morgan fingerprint density at radius 3 is 1.96 bits per heavy atom. The summed E-state index contributed by atoms with van der Waals surface area (Å²) in [7, 11) is 0. The first kappa shape index (κ1) is 22.0. The molecule has 14 heteroatoms. The van der Waals surface area contributed by atoms with Gasteiger partial charge < -0.3 is 9.47 Å². The van der Waals surface area contributed by atoms with E-state index in [9.17, 15) is 43.9 Å². The molecule has 0 radical (unpaired) electrons. The molecule has 0 fully saturated rings. The average molecular weight is 429 g/mol. The summed E-state index contributed by atoms with van der Waals surface area (Å²) in [4.78, 5) is 3.90. The van der Waals surface area contributed by atoms with Crippen LogP contribution in [0, 0.1) is 0 Å². The number of halogens is 10. The van der Waals surface area contributed by atoms with Crippen molar-refractivity contribution in [1.29, 1.82) is 0 Å². The molecule has 0 aliphatic carbocycles. The Balaban J connectivity index is 2.09. The Morgan fingerprint density at radius 1 is 0.929 bits per heavy atom. The topological polar surface area (TPSA) is 40.0 Å². The van der Waals surface area contributed by atoms with Crippen LogP contribution in [0.3, 0.4) is 0 Å². The van der Waals surface area contributed by atoms with Crippen molar-refractivity contribution < 1.29 is 58.1 Å². The summed E-state index contributed by atoms with van der Waals surface area (Å²) in [5, 5.41) is 0. The molecule has 0 N–H and O–H groups in total. The molecule has 1 heterocycles. The number of alkyl halides is 10. The first-order valence-electron chi connectivity index (χ1n) is 7.16. The summed E-state index contributed by atoms with van der Waals surface area (Å²) in [6, 6.07) is 3.86. The van der Waals surface area contributed by atoms with Crippen LogP contribution in [0.15, 0.2) is 29.3 Å². The lowest BCUT2D eigenvalue weighted by molar-refractivity contribution is -0.460. The van der Waals surface area contributed by atoms with Gasteiger partial charge in [-0.15, -0.1) is 0 Å². The number of benzene rings is 1. The highest BCUT2D eigenvalue weighted by Crippen LogP contribution is 2.48. The Hall–Kier alpha value is -2.25. The summed E-state index contributed by atoms with van der Waals surface area (Å²) >= 11 is 0. The van der Waals surface area contributed by atoms with Crippen molar-refractivity contribution in [3.63, 3.8) is 0 Å². The van der Waals surface area contributed by atoms with E-state index in [0.29, 0.717) is 12.1 Å². The second kappa shape index (κ2) is 7.29. The summed E-state index contributed by atoms with van der Waals surface area (Å²) < 4.78 is 138. The molecular weight excluding hydrogens is 420 g/mol. The molecule has 0 saturated heterocycles. The van der Waals surface area contributed by atoms with Crippen molar-refractivity contribution in [1.82, 2.24) is 0 Å². The van der Waals surface area contributed by atoms with E-state index >= 15 is 0 Å². The molecule has 0 aromatic heterocycles. The lowest BCUT2D eigenvalue weighted by atomic mass is 10.2. The summed E-state index contributed by atoms with van der Waals surface area (Å²) in [6.07, 6.45) is -23.5. The van der Waals surface area contributed by atoms with Gasteiger partial charge in [0.15, 0.2) is 0 Å². The molecule has 1 aliphatic heterocycles. The van der Waals surface area contributed by atoms with Gasteiger partial charge in [-0.3, -0.25) is 4.74 Å². The van der Waals surface area contributed by atoms with Crippen molar-refractivity contribution in [3.8, 4) is 5.75 Å². The zero-order valence-electron chi connectivity index (χ0n) is 13.3. The molecule has 0 bridgehead atoms. The fraction of sp³-hybridized carbons (Fsp3) is 0.500. The third-order valence-corrected chi connectivity index (χ3v) is 3.18. The number of aliphatic imine (C=N–C) groups is 1. The summed E-state index contributed by atoms with van der Waals surface area (Å²) in [6.45, 7) is 0.632. The molecule has 0 saturated carbocycles. The maximum absolute atomic E-state index is 13.5.